The van der Waals surface area contributed by atoms with Crippen molar-refractivity contribution in [2.75, 3.05) is 23.8 Å². The number of aryl methyl sites for hydroxylation is 1. The van der Waals surface area contributed by atoms with Crippen LogP contribution in [0.2, 0.25) is 0 Å². The zero-order valence-corrected chi connectivity index (χ0v) is 19.0. The standard InChI is InChI=1S/C24H25BN6O3/c1-13-19(16-7-4-8-17(22(26)32)20(16)28-13)23-29-18-9-10-31(2)21(18)24(30-23)27-12-14-5-3-6-15(11-14)25(33)34/h3-8,11,28,33-34H,9-10,12H2,1-2H3,(H2,26,32)(H,27,29,30). The molecule has 1 amide bonds. The molecule has 34 heavy (non-hydrogen) atoms. The summed E-state index contributed by atoms with van der Waals surface area (Å²) in [6, 6.07) is 12.6. The van der Waals surface area contributed by atoms with Crippen molar-refractivity contribution < 1.29 is 14.8 Å². The molecule has 5 rings (SSSR count). The number of likely N-dealkylation sites (N-methyl/N-ethyl adjacent to an activating group) is 1. The maximum Gasteiger partial charge on any atom is 0.488 e. The molecule has 172 valence electrons. The first kappa shape index (κ1) is 21.9. The Kier molecular flexibility index (Phi) is 5.47. The number of hydrogen-bond donors (Lipinski definition) is 5. The van der Waals surface area contributed by atoms with Gasteiger partial charge in [-0.3, -0.25) is 4.79 Å². The van der Waals surface area contributed by atoms with Crippen LogP contribution in [0.1, 0.15) is 27.3 Å². The fourth-order valence-corrected chi connectivity index (χ4v) is 4.59. The van der Waals surface area contributed by atoms with Crippen molar-refractivity contribution in [3.63, 3.8) is 0 Å². The van der Waals surface area contributed by atoms with Gasteiger partial charge in [-0.15, -0.1) is 0 Å². The van der Waals surface area contributed by atoms with Gasteiger partial charge in [-0.1, -0.05) is 36.4 Å². The van der Waals surface area contributed by atoms with Crippen LogP contribution in [-0.2, 0) is 13.0 Å². The molecule has 3 heterocycles. The van der Waals surface area contributed by atoms with E-state index in [4.69, 9.17) is 15.7 Å². The van der Waals surface area contributed by atoms with Crippen molar-refractivity contribution in [3.8, 4) is 11.4 Å². The number of rotatable bonds is 6. The van der Waals surface area contributed by atoms with Gasteiger partial charge in [0.05, 0.1) is 16.8 Å². The van der Waals surface area contributed by atoms with Crippen LogP contribution in [0.25, 0.3) is 22.3 Å². The van der Waals surface area contributed by atoms with Crippen LogP contribution in [0.4, 0.5) is 11.5 Å². The predicted octanol–water partition coefficient (Wildman–Crippen LogP) is 1.32. The summed E-state index contributed by atoms with van der Waals surface area (Å²) in [7, 11) is 0.495. The monoisotopic (exact) mass is 456 g/mol. The van der Waals surface area contributed by atoms with E-state index >= 15 is 0 Å². The molecule has 4 aromatic rings. The Bertz CT molecular complexity index is 1420. The third kappa shape index (κ3) is 3.76. The number of nitrogens with zero attached hydrogens (tertiary/aromatic N) is 3. The van der Waals surface area contributed by atoms with Gasteiger partial charge in [0, 0.05) is 43.2 Å². The normalized spacial score (nSPS) is 12.8. The first-order valence-corrected chi connectivity index (χ1v) is 11.1. The summed E-state index contributed by atoms with van der Waals surface area (Å²) in [6.07, 6.45) is 0.802. The highest BCUT2D eigenvalue weighted by atomic mass is 16.4. The van der Waals surface area contributed by atoms with Crippen molar-refractivity contribution in [2.45, 2.75) is 19.9 Å². The number of aromatic nitrogens is 3. The van der Waals surface area contributed by atoms with Gasteiger partial charge in [0.15, 0.2) is 11.6 Å². The molecular formula is C24H25BN6O3. The van der Waals surface area contributed by atoms with Gasteiger partial charge in [-0.2, -0.15) is 0 Å². The molecule has 0 saturated carbocycles. The number of H-pyrrole nitrogens is 1. The number of primary amides is 1. The van der Waals surface area contributed by atoms with Gasteiger partial charge in [0.2, 0.25) is 0 Å². The number of benzene rings is 2. The second kappa shape index (κ2) is 8.47. The van der Waals surface area contributed by atoms with Crippen molar-refractivity contribution >= 4 is 40.9 Å². The molecule has 1 aliphatic rings. The third-order valence-electron chi connectivity index (χ3n) is 6.24. The smallest absolute Gasteiger partial charge is 0.423 e. The number of hydrogen-bond acceptors (Lipinski definition) is 7. The van der Waals surface area contributed by atoms with E-state index in [-0.39, 0.29) is 0 Å². The minimum atomic E-state index is -1.52. The molecule has 6 N–H and O–H groups in total. The molecule has 0 bridgehead atoms. The fourth-order valence-electron chi connectivity index (χ4n) is 4.59. The highest BCUT2D eigenvalue weighted by Crippen LogP contribution is 2.37. The number of nitrogens with two attached hydrogens (primary N) is 1. The van der Waals surface area contributed by atoms with Crippen LogP contribution in [0, 0.1) is 6.92 Å². The first-order valence-electron chi connectivity index (χ1n) is 11.1. The number of nitrogens with one attached hydrogen (secondary N) is 2. The molecule has 2 aromatic carbocycles. The van der Waals surface area contributed by atoms with E-state index in [1.807, 2.05) is 32.2 Å². The average Bonchev–Trinajstić information content (AvgIpc) is 3.36. The molecule has 0 spiro atoms. The molecule has 0 atom stereocenters. The van der Waals surface area contributed by atoms with Crippen molar-refractivity contribution in [3.05, 3.63) is 65.0 Å². The molecule has 0 fully saturated rings. The van der Waals surface area contributed by atoms with Crippen LogP contribution in [0.3, 0.4) is 0 Å². The first-order chi connectivity index (χ1) is 16.3. The van der Waals surface area contributed by atoms with Crippen LogP contribution < -0.4 is 21.4 Å². The van der Waals surface area contributed by atoms with E-state index in [1.54, 1.807) is 24.3 Å². The molecule has 0 saturated heterocycles. The number of carbonyl (C=O) groups is 1. The highest BCUT2D eigenvalue weighted by Gasteiger charge is 2.26. The molecule has 10 heteroatoms. The van der Waals surface area contributed by atoms with E-state index in [0.717, 1.165) is 46.6 Å². The maximum atomic E-state index is 11.9. The molecule has 0 radical (unpaired) electrons. The quantitative estimate of drug-likeness (QED) is 0.276. The van der Waals surface area contributed by atoms with Crippen molar-refractivity contribution in [1.82, 2.24) is 15.0 Å². The third-order valence-corrected chi connectivity index (χ3v) is 6.24. The zero-order valence-electron chi connectivity index (χ0n) is 19.0. The Hall–Kier alpha value is -3.89. The van der Waals surface area contributed by atoms with Gasteiger partial charge in [0.1, 0.15) is 5.69 Å². The molecule has 2 aromatic heterocycles. The van der Waals surface area contributed by atoms with Crippen LogP contribution in [0.5, 0.6) is 0 Å². The van der Waals surface area contributed by atoms with Crippen LogP contribution in [0.15, 0.2) is 42.5 Å². The Morgan fingerprint density at radius 3 is 2.79 bits per heavy atom. The molecule has 1 aliphatic heterocycles. The lowest BCUT2D eigenvalue weighted by molar-refractivity contribution is 0.100. The second-order valence-electron chi connectivity index (χ2n) is 8.55. The van der Waals surface area contributed by atoms with Gasteiger partial charge in [0.25, 0.3) is 5.91 Å². The van der Waals surface area contributed by atoms with Crippen LogP contribution >= 0.6 is 0 Å². The number of amides is 1. The largest absolute Gasteiger partial charge is 0.488 e. The van der Waals surface area contributed by atoms with Gasteiger partial charge < -0.3 is 31.0 Å². The summed E-state index contributed by atoms with van der Waals surface area (Å²) in [4.78, 5) is 27.1. The number of aromatic amines is 1. The molecule has 0 aliphatic carbocycles. The number of fused-ring (bicyclic) bond motifs is 2. The van der Waals surface area contributed by atoms with Gasteiger partial charge >= 0.3 is 7.12 Å². The van der Waals surface area contributed by atoms with Gasteiger partial charge in [-0.25, -0.2) is 9.97 Å². The van der Waals surface area contributed by atoms with E-state index < -0.39 is 13.0 Å². The Labute approximate surface area is 196 Å². The Balaban J connectivity index is 1.58. The Morgan fingerprint density at radius 2 is 2.03 bits per heavy atom. The summed E-state index contributed by atoms with van der Waals surface area (Å²) < 4.78 is 0. The van der Waals surface area contributed by atoms with Crippen LogP contribution in [-0.4, -0.2) is 51.6 Å². The lowest BCUT2D eigenvalue weighted by Gasteiger charge is -2.18. The summed E-state index contributed by atoms with van der Waals surface area (Å²) in [5.41, 5.74) is 11.6. The molecular weight excluding hydrogens is 431 g/mol. The lowest BCUT2D eigenvalue weighted by atomic mass is 9.80. The lowest BCUT2D eigenvalue weighted by Crippen LogP contribution is -2.30. The number of carbonyl (C=O) groups excluding carboxylic acids is 1. The highest BCUT2D eigenvalue weighted by molar-refractivity contribution is 6.58. The zero-order chi connectivity index (χ0) is 24.0. The molecule has 0 unspecified atom stereocenters. The topological polar surface area (TPSA) is 140 Å². The molecule has 9 nitrogen and oxygen atoms in total. The minimum absolute atomic E-state index is 0.428. The number of anilines is 2. The van der Waals surface area contributed by atoms with Crippen molar-refractivity contribution in [2.24, 2.45) is 5.73 Å². The van der Waals surface area contributed by atoms with E-state index in [9.17, 15) is 14.8 Å². The van der Waals surface area contributed by atoms with E-state index in [2.05, 4.69) is 15.2 Å². The SMILES string of the molecule is Cc1[nH]c2c(C(N)=O)cccc2c1-c1nc2c(c(NCc3cccc(B(O)O)c3)n1)N(C)CC2. The summed E-state index contributed by atoms with van der Waals surface area (Å²) in [5, 5.41) is 23.2. The van der Waals surface area contributed by atoms with E-state index in [0.29, 0.717) is 34.7 Å². The summed E-state index contributed by atoms with van der Waals surface area (Å²) in [5.74, 6) is 0.781. The summed E-state index contributed by atoms with van der Waals surface area (Å²) >= 11 is 0. The maximum absolute atomic E-state index is 11.9. The van der Waals surface area contributed by atoms with E-state index in [1.165, 1.54) is 0 Å². The number of para-hydroxylation sites is 1. The van der Waals surface area contributed by atoms with Crippen molar-refractivity contribution in [1.29, 1.82) is 0 Å². The Morgan fingerprint density at radius 1 is 1.24 bits per heavy atom. The predicted molar refractivity (Wildman–Crippen MR) is 133 cm³/mol. The second-order valence-corrected chi connectivity index (χ2v) is 8.55. The summed E-state index contributed by atoms with van der Waals surface area (Å²) in [6.45, 7) is 3.23. The average molecular weight is 456 g/mol. The fraction of sp³-hybridized carbons (Fsp3) is 0.208. The minimum Gasteiger partial charge on any atom is -0.423 e. The van der Waals surface area contributed by atoms with Gasteiger partial charge in [-0.05, 0) is 24.0 Å².